The van der Waals surface area contributed by atoms with Crippen LogP contribution < -0.4 is 9.13 Å². The lowest BCUT2D eigenvalue weighted by molar-refractivity contribution is -0.782. The second-order valence-electron chi connectivity index (χ2n) is 3.75. The fourth-order valence-electron chi connectivity index (χ4n) is 1.76. The molecule has 0 aliphatic rings. The van der Waals surface area contributed by atoms with Crippen LogP contribution in [0.25, 0.3) is 12.2 Å². The smallest absolute Gasteiger partial charge is 0.227 e. The van der Waals surface area contributed by atoms with E-state index in [2.05, 4.69) is 32.3 Å². The average molecular weight is 270 g/mol. The Hall–Kier alpha value is -2.36. The maximum Gasteiger partial charge on any atom is 0.322 e. The first-order chi connectivity index (χ1) is 9.85. The Balaban J connectivity index is 0.000000956. The molecule has 0 atom stereocenters. The molecule has 2 heterocycles. The van der Waals surface area contributed by atoms with E-state index in [1.54, 1.807) is 24.5 Å². The van der Waals surface area contributed by atoms with Crippen molar-refractivity contribution in [2.45, 2.75) is 26.9 Å². The fourth-order valence-corrected chi connectivity index (χ4v) is 1.76. The summed E-state index contributed by atoms with van der Waals surface area (Å²) >= 11 is 0. The first-order valence-electron chi connectivity index (χ1n) is 6.79. The van der Waals surface area contributed by atoms with Crippen LogP contribution >= 0.6 is 0 Å². The van der Waals surface area contributed by atoms with E-state index in [1.165, 1.54) is 0 Å². The first kappa shape index (κ1) is 15.7. The van der Waals surface area contributed by atoms with Gasteiger partial charge in [-0.3, -0.25) is 0 Å². The Bertz CT molecular complexity index is 512. The van der Waals surface area contributed by atoms with Crippen LogP contribution in [0.4, 0.5) is 0 Å². The van der Waals surface area contributed by atoms with E-state index in [0.29, 0.717) is 0 Å². The molecular weight excluding hydrogens is 248 g/mol. The quantitative estimate of drug-likeness (QED) is 0.779. The van der Waals surface area contributed by atoms with Crippen LogP contribution in [0.1, 0.15) is 25.5 Å². The van der Waals surface area contributed by atoms with Crippen LogP contribution in [-0.4, -0.2) is 9.97 Å². The summed E-state index contributed by atoms with van der Waals surface area (Å²) in [5, 5.41) is 0. The van der Waals surface area contributed by atoms with Gasteiger partial charge in [0.2, 0.25) is 0 Å². The summed E-state index contributed by atoms with van der Waals surface area (Å²) in [5.74, 6) is 1.73. The number of hydrogen-bond donors (Lipinski definition) is 0. The van der Waals surface area contributed by atoms with Gasteiger partial charge in [-0.2, -0.15) is 0 Å². The monoisotopic (exact) mass is 270 g/mol. The number of aryl methyl sites for hydroxylation is 2. The van der Waals surface area contributed by atoms with Gasteiger partial charge in [0, 0.05) is 24.3 Å². The predicted octanol–water partition coefficient (Wildman–Crippen LogP) is 2.06. The second kappa shape index (κ2) is 8.69. The highest BCUT2D eigenvalue weighted by Crippen LogP contribution is 1.89. The highest BCUT2D eigenvalue weighted by Gasteiger charge is 2.11. The Morgan fingerprint density at radius 2 is 1.30 bits per heavy atom. The molecule has 0 saturated carbocycles. The van der Waals surface area contributed by atoms with Crippen molar-refractivity contribution in [1.29, 1.82) is 0 Å². The third kappa shape index (κ3) is 4.09. The normalized spacial score (nSPS) is 9.30. The number of nitrogens with zero attached hydrogens (tertiary/aromatic N) is 4. The summed E-state index contributed by atoms with van der Waals surface area (Å²) in [6, 6.07) is 3.82. The number of aromatic nitrogens is 4. The Labute approximate surface area is 120 Å². The van der Waals surface area contributed by atoms with Crippen LogP contribution in [0, 0.1) is 0 Å². The molecule has 4 heteroatoms. The molecular formula is C16H22N4+2. The molecule has 2 rings (SSSR count). The van der Waals surface area contributed by atoms with Crippen LogP contribution in [-0.2, 0) is 13.1 Å². The molecule has 0 spiro atoms. The minimum absolute atomic E-state index is 0.812. The zero-order valence-corrected chi connectivity index (χ0v) is 12.2. The molecule has 4 nitrogen and oxygen atoms in total. The van der Waals surface area contributed by atoms with Crippen molar-refractivity contribution < 1.29 is 9.13 Å². The van der Waals surface area contributed by atoms with Gasteiger partial charge in [-0.15, -0.1) is 0 Å². The third-order valence-corrected chi connectivity index (χ3v) is 2.65. The third-order valence-electron chi connectivity index (χ3n) is 2.65. The highest BCUT2D eigenvalue weighted by molar-refractivity contribution is 5.31. The van der Waals surface area contributed by atoms with Gasteiger partial charge in [-0.25, -0.2) is 9.13 Å². The van der Waals surface area contributed by atoms with Crippen molar-refractivity contribution in [3.8, 4) is 0 Å². The Kier molecular flexibility index (Phi) is 6.82. The van der Waals surface area contributed by atoms with Crippen LogP contribution in [0.5, 0.6) is 0 Å². The van der Waals surface area contributed by atoms with E-state index in [0.717, 1.165) is 24.7 Å². The van der Waals surface area contributed by atoms with Gasteiger partial charge >= 0.3 is 11.6 Å². The fraction of sp³-hybridized carbons (Fsp3) is 0.250. The van der Waals surface area contributed by atoms with Gasteiger partial charge in [0.1, 0.15) is 25.5 Å². The molecule has 0 aromatic carbocycles. The zero-order valence-electron chi connectivity index (χ0n) is 12.2. The molecule has 0 radical (unpaired) electrons. The topological polar surface area (TPSA) is 33.5 Å². The molecule has 20 heavy (non-hydrogen) atoms. The number of rotatable bonds is 5. The van der Waals surface area contributed by atoms with E-state index in [-0.39, 0.29) is 0 Å². The summed E-state index contributed by atoms with van der Waals surface area (Å²) < 4.78 is 4.11. The molecule has 0 aliphatic carbocycles. The van der Waals surface area contributed by atoms with Gasteiger partial charge in [-0.1, -0.05) is 27.0 Å². The first-order valence-corrected chi connectivity index (χ1v) is 6.79. The molecule has 0 amide bonds. The Morgan fingerprint density at radius 3 is 1.65 bits per heavy atom. The lowest BCUT2D eigenvalue weighted by atomic mass is 10.4. The Morgan fingerprint density at radius 1 is 0.900 bits per heavy atom. The van der Waals surface area contributed by atoms with E-state index in [1.807, 2.05) is 38.4 Å². The molecule has 104 valence electrons. The van der Waals surface area contributed by atoms with Gasteiger partial charge in [0.25, 0.3) is 0 Å². The van der Waals surface area contributed by atoms with E-state index in [9.17, 15) is 0 Å². The van der Waals surface area contributed by atoms with E-state index >= 15 is 0 Å². The molecule has 2 aromatic heterocycles. The van der Waals surface area contributed by atoms with Crippen molar-refractivity contribution in [3.63, 3.8) is 0 Å². The van der Waals surface area contributed by atoms with Gasteiger partial charge in [0.15, 0.2) is 0 Å². The maximum atomic E-state index is 4.25. The minimum atomic E-state index is 0.812. The minimum Gasteiger partial charge on any atom is -0.227 e. The van der Waals surface area contributed by atoms with Crippen molar-refractivity contribution in [1.82, 2.24) is 9.97 Å². The lowest BCUT2D eigenvalue weighted by Crippen LogP contribution is -2.47. The molecule has 0 N–H and O–H groups in total. The summed E-state index contributed by atoms with van der Waals surface area (Å²) in [4.78, 5) is 8.50. The maximum absolute atomic E-state index is 4.25. The summed E-state index contributed by atoms with van der Waals surface area (Å²) in [5.41, 5.74) is 0. The van der Waals surface area contributed by atoms with Crippen molar-refractivity contribution >= 4 is 12.2 Å². The molecule has 0 saturated heterocycles. The average Bonchev–Trinajstić information content (AvgIpc) is 2.55. The van der Waals surface area contributed by atoms with E-state index in [4.69, 9.17) is 0 Å². The van der Waals surface area contributed by atoms with Crippen molar-refractivity contribution in [2.24, 2.45) is 0 Å². The van der Waals surface area contributed by atoms with Gasteiger partial charge in [0.05, 0.1) is 12.4 Å². The molecule has 0 fully saturated rings. The lowest BCUT2D eigenvalue weighted by Gasteiger charge is -2.02. The summed E-state index contributed by atoms with van der Waals surface area (Å²) in [6.45, 7) is 13.1. The van der Waals surface area contributed by atoms with Crippen LogP contribution in [0.2, 0.25) is 0 Å². The van der Waals surface area contributed by atoms with Gasteiger partial charge < -0.3 is 0 Å². The summed E-state index contributed by atoms with van der Waals surface area (Å²) in [7, 11) is 0. The van der Waals surface area contributed by atoms with Crippen LogP contribution in [0.15, 0.2) is 50.1 Å². The van der Waals surface area contributed by atoms with Crippen LogP contribution in [0.3, 0.4) is 0 Å². The molecule has 0 bridgehead atoms. The van der Waals surface area contributed by atoms with Gasteiger partial charge in [-0.05, 0) is 9.97 Å². The number of hydrogen-bond acceptors (Lipinski definition) is 2. The largest absolute Gasteiger partial charge is 0.322 e. The highest BCUT2D eigenvalue weighted by atomic mass is 15.1. The molecule has 0 aliphatic heterocycles. The van der Waals surface area contributed by atoms with Crippen molar-refractivity contribution in [2.75, 3.05) is 0 Å². The zero-order chi connectivity index (χ0) is 14.8. The summed E-state index contributed by atoms with van der Waals surface area (Å²) in [6.07, 6.45) is 11.0. The SMILES string of the molecule is C=Cc1nccc[n+]1CC[n+]1cccnc1C=C.CC. The standard InChI is InChI=1S/C14H16N4.C2H6/c1-3-13-15-7-5-9-17(13)11-12-18-10-6-8-16-14(18)4-2;1-2/h3-10H,1-2,11-12H2;1-2H3/q+2;. The van der Waals surface area contributed by atoms with Crippen molar-refractivity contribution in [3.05, 3.63) is 61.7 Å². The second-order valence-corrected chi connectivity index (χ2v) is 3.75. The molecule has 0 unspecified atom stereocenters. The van der Waals surface area contributed by atoms with E-state index < -0.39 is 0 Å². The molecule has 2 aromatic rings. The predicted molar refractivity (Wildman–Crippen MR) is 80.4 cm³/mol.